The van der Waals surface area contributed by atoms with Crippen molar-refractivity contribution in [3.8, 4) is 17.6 Å². The second-order valence-corrected chi connectivity index (χ2v) is 10.2. The molecule has 1 aromatic heterocycles. The SMILES string of the molecule is CN1CCC(Oc2cc3ncc(C#N)c(Nc4ccc(OCc5ccc(Cl)cc5)c(Cl)c4)c3cc2N)CC1. The molecule has 1 saturated heterocycles. The average molecular weight is 548 g/mol. The van der Waals surface area contributed by atoms with Gasteiger partial charge < -0.3 is 25.4 Å². The monoisotopic (exact) mass is 547 g/mol. The van der Waals surface area contributed by atoms with Gasteiger partial charge in [0.15, 0.2) is 0 Å². The molecule has 0 aliphatic carbocycles. The number of likely N-dealkylation sites (tertiary alicyclic amines) is 1. The number of piperidine rings is 1. The molecule has 0 unspecified atom stereocenters. The molecule has 38 heavy (non-hydrogen) atoms. The summed E-state index contributed by atoms with van der Waals surface area (Å²) in [6, 6.07) is 18.7. The van der Waals surface area contributed by atoms with Crippen LogP contribution in [0.1, 0.15) is 24.0 Å². The van der Waals surface area contributed by atoms with Crippen molar-refractivity contribution in [2.45, 2.75) is 25.6 Å². The Hall–Kier alpha value is -3.70. The number of nitriles is 1. The van der Waals surface area contributed by atoms with Crippen LogP contribution in [-0.2, 0) is 6.61 Å². The lowest BCUT2D eigenvalue weighted by Gasteiger charge is -2.29. The van der Waals surface area contributed by atoms with E-state index in [4.69, 9.17) is 38.4 Å². The molecule has 0 amide bonds. The number of ether oxygens (including phenoxy) is 2. The number of hydrogen-bond donors (Lipinski definition) is 2. The number of nitrogens with zero attached hydrogens (tertiary/aromatic N) is 3. The summed E-state index contributed by atoms with van der Waals surface area (Å²) in [6.07, 6.45) is 3.55. The third-order valence-corrected chi connectivity index (χ3v) is 7.14. The van der Waals surface area contributed by atoms with E-state index in [0.717, 1.165) is 36.9 Å². The summed E-state index contributed by atoms with van der Waals surface area (Å²) in [6.45, 7) is 2.34. The maximum atomic E-state index is 9.77. The number of nitrogens with one attached hydrogen (secondary N) is 1. The van der Waals surface area contributed by atoms with Crippen molar-refractivity contribution in [1.29, 1.82) is 5.26 Å². The standard InChI is InChI=1S/C29H27Cl2N5O2/c1-36-10-8-22(9-11-36)38-28-14-26-23(13-25(28)33)29(19(15-32)16-34-26)35-21-6-7-27(24(31)12-21)37-17-18-2-4-20(30)5-3-18/h2-7,12-14,16,22H,8-11,17,33H2,1H3,(H,34,35). The van der Waals surface area contributed by atoms with Gasteiger partial charge in [0.1, 0.15) is 30.3 Å². The van der Waals surface area contributed by atoms with Crippen molar-refractivity contribution in [1.82, 2.24) is 9.88 Å². The van der Waals surface area contributed by atoms with Gasteiger partial charge in [-0.05, 0) is 61.9 Å². The Morgan fingerprint density at radius 3 is 2.55 bits per heavy atom. The van der Waals surface area contributed by atoms with E-state index in [1.54, 1.807) is 24.4 Å². The summed E-state index contributed by atoms with van der Waals surface area (Å²) in [5, 5.41) is 14.9. The number of fused-ring (bicyclic) bond motifs is 1. The molecule has 4 aromatic rings. The van der Waals surface area contributed by atoms with E-state index in [9.17, 15) is 5.26 Å². The zero-order chi connectivity index (χ0) is 26.6. The van der Waals surface area contributed by atoms with E-state index in [1.807, 2.05) is 36.4 Å². The van der Waals surface area contributed by atoms with Gasteiger partial charge in [0, 0.05) is 41.4 Å². The van der Waals surface area contributed by atoms with Crippen molar-refractivity contribution in [3.05, 3.63) is 82.0 Å². The molecule has 194 valence electrons. The molecule has 0 atom stereocenters. The highest BCUT2D eigenvalue weighted by molar-refractivity contribution is 6.32. The van der Waals surface area contributed by atoms with Crippen LogP contribution in [0.4, 0.5) is 17.1 Å². The maximum absolute atomic E-state index is 9.77. The van der Waals surface area contributed by atoms with Crippen LogP contribution < -0.4 is 20.5 Å². The van der Waals surface area contributed by atoms with Gasteiger partial charge in [-0.25, -0.2) is 0 Å². The first kappa shape index (κ1) is 25.9. The molecule has 0 spiro atoms. The number of benzene rings is 3. The summed E-state index contributed by atoms with van der Waals surface area (Å²) in [5.74, 6) is 1.16. The molecule has 0 radical (unpaired) electrons. The van der Waals surface area contributed by atoms with Crippen LogP contribution >= 0.6 is 23.2 Å². The lowest BCUT2D eigenvalue weighted by molar-refractivity contribution is 0.115. The van der Waals surface area contributed by atoms with E-state index in [2.05, 4.69) is 28.3 Å². The van der Waals surface area contributed by atoms with Gasteiger partial charge in [0.25, 0.3) is 0 Å². The summed E-state index contributed by atoms with van der Waals surface area (Å²) >= 11 is 12.5. The molecule has 1 fully saturated rings. The predicted octanol–water partition coefficient (Wildman–Crippen LogP) is 6.79. The van der Waals surface area contributed by atoms with Gasteiger partial charge in [0.2, 0.25) is 0 Å². The van der Waals surface area contributed by atoms with Gasteiger partial charge in [-0.3, -0.25) is 4.98 Å². The second-order valence-electron chi connectivity index (χ2n) is 9.37. The van der Waals surface area contributed by atoms with E-state index in [-0.39, 0.29) is 6.10 Å². The molecular formula is C29H27Cl2N5O2. The Balaban J connectivity index is 1.37. The Kier molecular flexibility index (Phi) is 7.75. The van der Waals surface area contributed by atoms with E-state index < -0.39 is 0 Å². The normalized spacial score (nSPS) is 14.3. The molecule has 0 bridgehead atoms. The first-order chi connectivity index (χ1) is 18.4. The minimum atomic E-state index is 0.115. The van der Waals surface area contributed by atoms with Crippen LogP contribution in [0.25, 0.3) is 10.9 Å². The number of pyridine rings is 1. The van der Waals surface area contributed by atoms with Crippen LogP contribution in [-0.4, -0.2) is 36.1 Å². The Bertz CT molecular complexity index is 1500. The van der Waals surface area contributed by atoms with Gasteiger partial charge in [0.05, 0.1) is 27.5 Å². The number of hydrogen-bond acceptors (Lipinski definition) is 7. The average Bonchev–Trinajstić information content (AvgIpc) is 2.91. The fourth-order valence-corrected chi connectivity index (χ4v) is 4.78. The van der Waals surface area contributed by atoms with E-state index in [0.29, 0.717) is 56.3 Å². The summed E-state index contributed by atoms with van der Waals surface area (Å²) in [4.78, 5) is 6.78. The number of nitrogens with two attached hydrogens (primary N) is 1. The fraction of sp³-hybridized carbons (Fsp3) is 0.241. The zero-order valence-electron chi connectivity index (χ0n) is 20.9. The summed E-state index contributed by atoms with van der Waals surface area (Å²) < 4.78 is 12.1. The molecule has 1 aliphatic rings. The van der Waals surface area contributed by atoms with Crippen LogP contribution in [0.5, 0.6) is 11.5 Å². The quantitative estimate of drug-likeness (QED) is 0.246. The lowest BCUT2D eigenvalue weighted by Crippen LogP contribution is -2.35. The third-order valence-electron chi connectivity index (χ3n) is 6.59. The molecule has 0 saturated carbocycles. The number of aromatic nitrogens is 1. The highest BCUT2D eigenvalue weighted by Gasteiger charge is 2.20. The first-order valence-electron chi connectivity index (χ1n) is 12.3. The van der Waals surface area contributed by atoms with Gasteiger partial charge >= 0.3 is 0 Å². The zero-order valence-corrected chi connectivity index (χ0v) is 22.4. The third kappa shape index (κ3) is 5.89. The Morgan fingerprint density at radius 2 is 1.84 bits per heavy atom. The molecule has 9 heteroatoms. The molecule has 3 aromatic carbocycles. The van der Waals surface area contributed by atoms with E-state index >= 15 is 0 Å². The minimum absolute atomic E-state index is 0.115. The molecule has 1 aliphatic heterocycles. The molecule has 3 N–H and O–H groups in total. The van der Waals surface area contributed by atoms with Gasteiger partial charge in [-0.1, -0.05) is 35.3 Å². The van der Waals surface area contributed by atoms with E-state index in [1.165, 1.54) is 0 Å². The highest BCUT2D eigenvalue weighted by Crippen LogP contribution is 2.37. The van der Waals surface area contributed by atoms with Gasteiger partial charge in [-0.2, -0.15) is 5.26 Å². The summed E-state index contributed by atoms with van der Waals surface area (Å²) in [5.41, 5.74) is 10.2. The highest BCUT2D eigenvalue weighted by atomic mass is 35.5. The molecule has 7 nitrogen and oxygen atoms in total. The fourth-order valence-electron chi connectivity index (χ4n) is 4.42. The Morgan fingerprint density at radius 1 is 1.08 bits per heavy atom. The largest absolute Gasteiger partial charge is 0.488 e. The van der Waals surface area contributed by atoms with Gasteiger partial charge in [-0.15, -0.1) is 0 Å². The van der Waals surface area contributed by atoms with Crippen LogP contribution in [0.2, 0.25) is 10.0 Å². The first-order valence-corrected chi connectivity index (χ1v) is 13.1. The smallest absolute Gasteiger partial charge is 0.144 e. The maximum Gasteiger partial charge on any atom is 0.144 e. The van der Waals surface area contributed by atoms with Crippen molar-refractivity contribution in [2.75, 3.05) is 31.2 Å². The number of halogens is 2. The Labute approximate surface area is 231 Å². The lowest BCUT2D eigenvalue weighted by atomic mass is 10.1. The molecule has 5 rings (SSSR count). The molecular weight excluding hydrogens is 521 g/mol. The van der Waals surface area contributed by atoms with Crippen LogP contribution in [0.3, 0.4) is 0 Å². The number of rotatable bonds is 7. The van der Waals surface area contributed by atoms with Crippen molar-refractivity contribution >= 4 is 51.2 Å². The van der Waals surface area contributed by atoms with Crippen LogP contribution in [0.15, 0.2) is 60.8 Å². The minimum Gasteiger partial charge on any atom is -0.488 e. The topological polar surface area (TPSA) is 96.4 Å². The number of anilines is 3. The second kappa shape index (κ2) is 11.4. The summed E-state index contributed by atoms with van der Waals surface area (Å²) in [7, 11) is 2.11. The number of nitrogen functional groups attached to an aromatic ring is 1. The molecule has 2 heterocycles. The van der Waals surface area contributed by atoms with Crippen molar-refractivity contribution in [3.63, 3.8) is 0 Å². The van der Waals surface area contributed by atoms with Crippen LogP contribution in [0, 0.1) is 11.3 Å². The predicted molar refractivity (Wildman–Crippen MR) is 153 cm³/mol. The van der Waals surface area contributed by atoms with Crippen molar-refractivity contribution < 1.29 is 9.47 Å². The van der Waals surface area contributed by atoms with Crippen molar-refractivity contribution in [2.24, 2.45) is 0 Å².